The summed E-state index contributed by atoms with van der Waals surface area (Å²) in [6.45, 7) is 0. The predicted octanol–water partition coefficient (Wildman–Crippen LogP) is 5.33. The number of hydrogen-bond donors (Lipinski definition) is 2. The zero-order valence-electron chi connectivity index (χ0n) is 19.7. The molecule has 36 heavy (non-hydrogen) atoms. The highest BCUT2D eigenvalue weighted by atomic mass is 19.1. The fraction of sp³-hybridized carbons (Fsp3) is 0.429. The van der Waals surface area contributed by atoms with Crippen molar-refractivity contribution in [2.24, 2.45) is 23.7 Å². The van der Waals surface area contributed by atoms with Crippen LogP contribution < -0.4 is 0 Å². The minimum absolute atomic E-state index is 0.165. The fourth-order valence-corrected chi connectivity index (χ4v) is 6.43. The highest BCUT2D eigenvalue weighted by Gasteiger charge is 2.48. The van der Waals surface area contributed by atoms with E-state index in [9.17, 15) is 14.3 Å². The molecule has 4 heterocycles. The lowest BCUT2D eigenvalue weighted by Gasteiger charge is -2.47. The van der Waals surface area contributed by atoms with Gasteiger partial charge in [0.15, 0.2) is 5.82 Å². The summed E-state index contributed by atoms with van der Waals surface area (Å²) in [5.41, 5.74) is 2.76. The van der Waals surface area contributed by atoms with Crippen LogP contribution in [0.4, 0.5) is 4.39 Å². The molecule has 8 rings (SSSR count). The molecule has 4 aliphatic carbocycles. The number of nitrogens with one attached hydrogen (secondary N) is 1. The standard InChI is InChI=1S/C28H26FN5O2/c29-19-10-20-22(13-31-25(20)30-11-19)26-32-12-21-18(3-1-2-15-4-5-15)14-34(27(21)33-26)24-17-8-6-16(7-9-17)23(24)28(35)36/h10-17,23-24H,2,4-9H2,(H,30,31)(H,35,36)/t16?,17?,23-,24-/m1/s1. The zero-order chi connectivity index (χ0) is 24.4. The Hall–Kier alpha value is -3.73. The van der Waals surface area contributed by atoms with Crippen LogP contribution in [0, 0.1) is 41.3 Å². The zero-order valence-corrected chi connectivity index (χ0v) is 19.7. The molecular weight excluding hydrogens is 457 g/mol. The van der Waals surface area contributed by atoms with E-state index in [-0.39, 0.29) is 12.0 Å². The van der Waals surface area contributed by atoms with Crippen LogP contribution >= 0.6 is 0 Å². The van der Waals surface area contributed by atoms with Gasteiger partial charge in [0.05, 0.1) is 29.1 Å². The Balaban J connectivity index is 1.40. The summed E-state index contributed by atoms with van der Waals surface area (Å²) in [4.78, 5) is 29.2. The van der Waals surface area contributed by atoms with Crippen molar-refractivity contribution < 1.29 is 14.3 Å². The number of hydrogen-bond acceptors (Lipinski definition) is 4. The van der Waals surface area contributed by atoms with Crippen molar-refractivity contribution in [1.29, 1.82) is 0 Å². The highest BCUT2D eigenvalue weighted by Crippen LogP contribution is 2.52. The van der Waals surface area contributed by atoms with Crippen LogP contribution in [0.3, 0.4) is 0 Å². The van der Waals surface area contributed by atoms with Crippen LogP contribution in [-0.4, -0.2) is 35.6 Å². The van der Waals surface area contributed by atoms with Crippen molar-refractivity contribution in [2.45, 2.75) is 51.0 Å². The largest absolute Gasteiger partial charge is 0.481 e. The molecule has 7 nitrogen and oxygen atoms in total. The molecule has 4 aromatic rings. The molecule has 0 aromatic carbocycles. The third kappa shape index (κ3) is 3.48. The molecule has 0 unspecified atom stereocenters. The van der Waals surface area contributed by atoms with Crippen LogP contribution in [0.5, 0.6) is 0 Å². The van der Waals surface area contributed by atoms with Crippen LogP contribution in [-0.2, 0) is 4.79 Å². The van der Waals surface area contributed by atoms with E-state index in [0.717, 1.165) is 43.1 Å². The van der Waals surface area contributed by atoms with Gasteiger partial charge >= 0.3 is 5.97 Å². The number of halogens is 1. The summed E-state index contributed by atoms with van der Waals surface area (Å²) >= 11 is 0. The van der Waals surface area contributed by atoms with Crippen molar-refractivity contribution in [3.63, 3.8) is 0 Å². The number of carboxylic acid groups (broad SMARTS) is 1. The molecule has 182 valence electrons. The minimum atomic E-state index is -0.731. The number of pyridine rings is 1. The first-order valence-corrected chi connectivity index (χ1v) is 12.8. The first-order valence-electron chi connectivity index (χ1n) is 12.8. The summed E-state index contributed by atoms with van der Waals surface area (Å²) in [7, 11) is 0. The summed E-state index contributed by atoms with van der Waals surface area (Å²) in [6, 6.07) is 1.26. The highest BCUT2D eigenvalue weighted by molar-refractivity contribution is 5.93. The van der Waals surface area contributed by atoms with Gasteiger partial charge in [0, 0.05) is 36.0 Å². The van der Waals surface area contributed by atoms with E-state index in [1.165, 1.54) is 25.1 Å². The number of aromatic amines is 1. The van der Waals surface area contributed by atoms with E-state index >= 15 is 0 Å². The second kappa shape index (κ2) is 8.16. The lowest BCUT2D eigenvalue weighted by atomic mass is 9.61. The summed E-state index contributed by atoms with van der Waals surface area (Å²) in [5.74, 6) is 6.69. The van der Waals surface area contributed by atoms with Gasteiger partial charge in [-0.25, -0.2) is 19.3 Å². The molecule has 4 saturated carbocycles. The third-order valence-electron chi connectivity index (χ3n) is 8.40. The molecule has 0 aliphatic heterocycles. The Morgan fingerprint density at radius 2 is 1.92 bits per heavy atom. The van der Waals surface area contributed by atoms with Gasteiger partial charge in [-0.2, -0.15) is 0 Å². The van der Waals surface area contributed by atoms with Crippen molar-refractivity contribution in [2.75, 3.05) is 0 Å². The molecule has 4 aromatic heterocycles. The van der Waals surface area contributed by atoms with Gasteiger partial charge in [-0.3, -0.25) is 4.79 Å². The number of fused-ring (bicyclic) bond motifs is 5. The van der Waals surface area contributed by atoms with Gasteiger partial charge < -0.3 is 14.7 Å². The maximum Gasteiger partial charge on any atom is 0.308 e. The van der Waals surface area contributed by atoms with Crippen molar-refractivity contribution >= 4 is 28.0 Å². The van der Waals surface area contributed by atoms with Gasteiger partial charge in [0.25, 0.3) is 0 Å². The van der Waals surface area contributed by atoms with E-state index < -0.39 is 17.7 Å². The monoisotopic (exact) mass is 483 g/mol. The summed E-state index contributed by atoms with van der Waals surface area (Å²) in [6.07, 6.45) is 14.1. The molecule has 4 aliphatic rings. The Morgan fingerprint density at radius 1 is 1.11 bits per heavy atom. The first kappa shape index (κ1) is 21.5. The molecule has 0 saturated heterocycles. The lowest BCUT2D eigenvalue weighted by Crippen LogP contribution is -2.44. The van der Waals surface area contributed by atoms with E-state index in [1.807, 2.05) is 6.20 Å². The number of aliphatic carboxylic acids is 1. The molecule has 2 bridgehead atoms. The van der Waals surface area contributed by atoms with Gasteiger partial charge in [0.2, 0.25) is 0 Å². The molecular formula is C28H26FN5O2. The van der Waals surface area contributed by atoms with E-state index in [1.54, 1.807) is 12.4 Å². The van der Waals surface area contributed by atoms with Gasteiger partial charge in [-0.1, -0.05) is 11.8 Å². The first-order chi connectivity index (χ1) is 17.6. The third-order valence-corrected chi connectivity index (χ3v) is 8.40. The van der Waals surface area contributed by atoms with E-state index in [0.29, 0.717) is 39.9 Å². The topological polar surface area (TPSA) is 96.7 Å². The number of carbonyl (C=O) groups is 1. The molecule has 0 spiro atoms. The molecule has 4 fully saturated rings. The SMILES string of the molecule is O=C(O)[C@@H]1C2CCC(CC2)[C@H]1n1cc(C#CCC2CC2)c2cnc(-c3c[nH]c4ncc(F)cc34)nc21. The molecule has 2 N–H and O–H groups in total. The molecule has 0 amide bonds. The second-order valence-corrected chi connectivity index (χ2v) is 10.6. The molecule has 2 atom stereocenters. The van der Waals surface area contributed by atoms with Gasteiger partial charge in [-0.05, 0) is 62.3 Å². The minimum Gasteiger partial charge on any atom is -0.481 e. The summed E-state index contributed by atoms with van der Waals surface area (Å²) in [5, 5.41) is 11.6. The van der Waals surface area contributed by atoms with Gasteiger partial charge in [0.1, 0.15) is 17.1 Å². The van der Waals surface area contributed by atoms with E-state index in [4.69, 9.17) is 4.98 Å². The molecule has 8 heteroatoms. The van der Waals surface area contributed by atoms with Gasteiger partial charge in [-0.15, -0.1) is 0 Å². The van der Waals surface area contributed by atoms with Crippen LogP contribution in [0.1, 0.15) is 56.6 Å². The smallest absolute Gasteiger partial charge is 0.308 e. The number of aromatic nitrogens is 5. The fourth-order valence-electron chi connectivity index (χ4n) is 6.43. The Labute approximate surface area is 207 Å². The number of H-pyrrole nitrogens is 1. The van der Waals surface area contributed by atoms with Crippen LogP contribution in [0.15, 0.2) is 30.9 Å². The Morgan fingerprint density at radius 3 is 2.69 bits per heavy atom. The average Bonchev–Trinajstić information content (AvgIpc) is 3.52. The number of nitrogens with zero attached hydrogens (tertiary/aromatic N) is 4. The van der Waals surface area contributed by atoms with E-state index in [2.05, 4.69) is 31.4 Å². The Bertz CT molecular complexity index is 1570. The van der Waals surface area contributed by atoms with Crippen molar-refractivity contribution in [3.8, 4) is 23.2 Å². The van der Waals surface area contributed by atoms with Crippen LogP contribution in [0.25, 0.3) is 33.5 Å². The maximum atomic E-state index is 14.0. The van der Waals surface area contributed by atoms with Crippen molar-refractivity contribution in [3.05, 3.63) is 42.2 Å². The maximum absolute atomic E-state index is 14.0. The average molecular weight is 484 g/mol. The quantitative estimate of drug-likeness (QED) is 0.383. The summed E-state index contributed by atoms with van der Waals surface area (Å²) < 4.78 is 16.0. The normalized spacial score (nSPS) is 25.2. The molecule has 0 radical (unpaired) electrons. The lowest BCUT2D eigenvalue weighted by molar-refractivity contribution is -0.151. The predicted molar refractivity (Wildman–Crippen MR) is 132 cm³/mol. The second-order valence-electron chi connectivity index (χ2n) is 10.6. The Kier molecular flexibility index (Phi) is 4.88. The van der Waals surface area contributed by atoms with Crippen molar-refractivity contribution in [1.82, 2.24) is 24.5 Å². The van der Waals surface area contributed by atoms with Crippen LogP contribution in [0.2, 0.25) is 0 Å². The number of rotatable bonds is 4. The number of carboxylic acids is 1.